The highest BCUT2D eigenvalue weighted by Crippen LogP contribution is 2.33. The average Bonchev–Trinajstić information content (AvgIpc) is 2.91. The van der Waals surface area contributed by atoms with E-state index in [2.05, 4.69) is 0 Å². The maximum absolute atomic E-state index is 11.8. The third-order valence-corrected chi connectivity index (χ3v) is 4.51. The molecular weight excluding hydrogens is 282 g/mol. The Morgan fingerprint density at radius 2 is 2.00 bits per heavy atom. The van der Waals surface area contributed by atoms with E-state index in [1.807, 2.05) is 50.4 Å². The second-order valence-corrected chi connectivity index (χ2v) is 6.17. The molecule has 0 aliphatic carbocycles. The quantitative estimate of drug-likeness (QED) is 0.752. The van der Waals surface area contributed by atoms with Crippen molar-refractivity contribution in [2.24, 2.45) is 0 Å². The van der Waals surface area contributed by atoms with E-state index in [0.717, 1.165) is 38.2 Å². The number of thiophene rings is 1. The molecule has 0 saturated carbocycles. The van der Waals surface area contributed by atoms with Crippen molar-refractivity contribution in [3.05, 3.63) is 51.9 Å². The van der Waals surface area contributed by atoms with E-state index in [0.29, 0.717) is 5.56 Å². The highest BCUT2D eigenvalue weighted by molar-refractivity contribution is 7.13. The largest absolute Gasteiger partial charge is 0.478 e. The lowest BCUT2D eigenvalue weighted by molar-refractivity contribution is 0.0698. The van der Waals surface area contributed by atoms with E-state index >= 15 is 0 Å². The summed E-state index contributed by atoms with van der Waals surface area (Å²) in [7, 11) is 0. The molecule has 4 heteroatoms. The molecule has 0 radical (unpaired) electrons. The average molecular weight is 297 g/mol. The van der Waals surface area contributed by atoms with Crippen LogP contribution >= 0.6 is 11.3 Å². The predicted molar refractivity (Wildman–Crippen MR) is 86.2 cm³/mol. The Morgan fingerprint density at radius 1 is 1.24 bits per heavy atom. The molecule has 1 aromatic carbocycles. The number of hydrogen-bond acceptors (Lipinski definition) is 3. The summed E-state index contributed by atoms with van der Waals surface area (Å²) in [6, 6.07) is 7.87. The van der Waals surface area contributed by atoms with Gasteiger partial charge in [0.05, 0.1) is 21.7 Å². The number of pyridine rings is 1. The zero-order valence-corrected chi connectivity index (χ0v) is 12.9. The molecule has 106 valence electrons. The minimum atomic E-state index is -0.900. The smallest absolute Gasteiger partial charge is 0.336 e. The van der Waals surface area contributed by atoms with Crippen molar-refractivity contribution < 1.29 is 9.90 Å². The molecule has 0 fully saturated rings. The fourth-order valence-electron chi connectivity index (χ4n) is 2.74. The second-order valence-electron chi connectivity index (χ2n) is 5.22. The second kappa shape index (κ2) is 4.97. The number of nitrogens with zero attached hydrogens (tertiary/aromatic N) is 1. The van der Waals surface area contributed by atoms with Gasteiger partial charge < -0.3 is 5.11 Å². The third kappa shape index (κ3) is 2.21. The molecule has 0 spiro atoms. The van der Waals surface area contributed by atoms with E-state index in [1.165, 1.54) is 0 Å². The minimum absolute atomic E-state index is 0.357. The van der Waals surface area contributed by atoms with Crippen molar-refractivity contribution in [3.8, 4) is 10.6 Å². The van der Waals surface area contributed by atoms with Crippen molar-refractivity contribution in [1.82, 2.24) is 4.98 Å². The number of carbonyl (C=O) groups is 1. The molecule has 0 atom stereocenters. The molecule has 3 nitrogen and oxygen atoms in total. The Hall–Kier alpha value is -2.20. The van der Waals surface area contributed by atoms with Crippen molar-refractivity contribution in [2.45, 2.75) is 20.8 Å². The number of aromatic nitrogens is 1. The van der Waals surface area contributed by atoms with Crippen LogP contribution in [0.1, 0.15) is 27.0 Å². The van der Waals surface area contributed by atoms with Gasteiger partial charge >= 0.3 is 5.97 Å². The molecule has 0 unspecified atom stereocenters. The van der Waals surface area contributed by atoms with Crippen LogP contribution in [0, 0.1) is 20.8 Å². The number of carboxylic acids is 1. The molecule has 0 amide bonds. The molecule has 3 rings (SSSR count). The van der Waals surface area contributed by atoms with Gasteiger partial charge in [-0.2, -0.15) is 0 Å². The monoisotopic (exact) mass is 297 g/mol. The Kier molecular flexibility index (Phi) is 3.26. The van der Waals surface area contributed by atoms with E-state index in [-0.39, 0.29) is 0 Å². The van der Waals surface area contributed by atoms with Crippen LogP contribution in [-0.4, -0.2) is 16.1 Å². The number of carboxylic acid groups (broad SMARTS) is 1. The summed E-state index contributed by atoms with van der Waals surface area (Å²) >= 11 is 1.57. The van der Waals surface area contributed by atoms with Crippen molar-refractivity contribution >= 4 is 28.2 Å². The lowest BCUT2D eigenvalue weighted by Gasteiger charge is -2.13. The van der Waals surface area contributed by atoms with Crippen LogP contribution < -0.4 is 0 Å². The fraction of sp³-hybridized carbons (Fsp3) is 0.176. The maximum atomic E-state index is 11.8. The molecule has 2 aromatic heterocycles. The highest BCUT2D eigenvalue weighted by Gasteiger charge is 2.19. The molecule has 0 aliphatic rings. The number of benzene rings is 1. The molecule has 21 heavy (non-hydrogen) atoms. The summed E-state index contributed by atoms with van der Waals surface area (Å²) in [5.41, 5.74) is 4.67. The van der Waals surface area contributed by atoms with Crippen LogP contribution in [-0.2, 0) is 0 Å². The SMILES string of the molecule is Cc1cc(C)c2nc(-c3cccs3)c(C)c(C(=O)O)c2c1. The molecule has 0 saturated heterocycles. The first-order valence-corrected chi connectivity index (χ1v) is 7.55. The van der Waals surface area contributed by atoms with Crippen molar-refractivity contribution in [1.29, 1.82) is 0 Å². The lowest BCUT2D eigenvalue weighted by atomic mass is 9.97. The zero-order valence-electron chi connectivity index (χ0n) is 12.1. The number of hydrogen-bond donors (Lipinski definition) is 1. The molecule has 2 heterocycles. The first-order chi connectivity index (χ1) is 9.99. The molecule has 0 aliphatic heterocycles. The molecular formula is C17H15NO2S. The van der Waals surface area contributed by atoms with Crippen LogP contribution in [0.25, 0.3) is 21.5 Å². The lowest BCUT2D eigenvalue weighted by Crippen LogP contribution is -2.05. The normalized spacial score (nSPS) is 11.0. The van der Waals surface area contributed by atoms with Gasteiger partial charge in [-0.1, -0.05) is 17.7 Å². The van der Waals surface area contributed by atoms with Gasteiger partial charge in [-0.3, -0.25) is 0 Å². The zero-order chi connectivity index (χ0) is 15.1. The van der Waals surface area contributed by atoms with Crippen LogP contribution in [0.3, 0.4) is 0 Å². The standard InChI is InChI=1S/C17H15NO2S/c1-9-7-10(2)15-12(8-9)14(17(19)20)11(3)16(18-15)13-5-4-6-21-13/h4-8H,1-3H3,(H,19,20). The maximum Gasteiger partial charge on any atom is 0.336 e. The fourth-order valence-corrected chi connectivity index (χ4v) is 3.52. The number of aryl methyl sites for hydroxylation is 2. The van der Waals surface area contributed by atoms with Crippen LogP contribution in [0.2, 0.25) is 0 Å². The predicted octanol–water partition coefficient (Wildman–Crippen LogP) is 4.59. The van der Waals surface area contributed by atoms with Gasteiger partial charge in [0.15, 0.2) is 0 Å². The van der Waals surface area contributed by atoms with E-state index < -0.39 is 5.97 Å². The first-order valence-electron chi connectivity index (χ1n) is 6.67. The van der Waals surface area contributed by atoms with E-state index in [1.54, 1.807) is 11.3 Å². The molecule has 3 aromatic rings. The van der Waals surface area contributed by atoms with Gasteiger partial charge in [0.25, 0.3) is 0 Å². The van der Waals surface area contributed by atoms with Crippen molar-refractivity contribution in [3.63, 3.8) is 0 Å². The third-order valence-electron chi connectivity index (χ3n) is 3.64. The number of aromatic carboxylic acids is 1. The minimum Gasteiger partial charge on any atom is -0.478 e. The van der Waals surface area contributed by atoms with Crippen molar-refractivity contribution in [2.75, 3.05) is 0 Å². The Labute approximate surface area is 126 Å². The van der Waals surface area contributed by atoms with Crippen LogP contribution in [0.5, 0.6) is 0 Å². The summed E-state index contributed by atoms with van der Waals surface area (Å²) < 4.78 is 0. The summed E-state index contributed by atoms with van der Waals surface area (Å²) in [5.74, 6) is -0.900. The summed E-state index contributed by atoms with van der Waals surface area (Å²) in [6.07, 6.45) is 0. The topological polar surface area (TPSA) is 50.2 Å². The number of fused-ring (bicyclic) bond motifs is 1. The Morgan fingerprint density at radius 3 is 2.62 bits per heavy atom. The van der Waals surface area contributed by atoms with Gasteiger partial charge in [0.2, 0.25) is 0 Å². The Balaban J connectivity index is 2.48. The van der Waals surface area contributed by atoms with E-state index in [9.17, 15) is 9.90 Å². The van der Waals surface area contributed by atoms with Gasteiger partial charge in [0.1, 0.15) is 0 Å². The summed E-state index contributed by atoms with van der Waals surface area (Å²) in [5, 5.41) is 12.3. The molecule has 0 bridgehead atoms. The van der Waals surface area contributed by atoms with Crippen LogP contribution in [0.15, 0.2) is 29.6 Å². The van der Waals surface area contributed by atoms with Gasteiger partial charge in [-0.15, -0.1) is 11.3 Å². The van der Waals surface area contributed by atoms with Crippen LogP contribution in [0.4, 0.5) is 0 Å². The van der Waals surface area contributed by atoms with Gasteiger partial charge in [-0.25, -0.2) is 9.78 Å². The summed E-state index contributed by atoms with van der Waals surface area (Å²) in [4.78, 5) is 17.5. The molecule has 1 N–H and O–H groups in total. The van der Waals surface area contributed by atoms with Gasteiger partial charge in [-0.05, 0) is 49.4 Å². The highest BCUT2D eigenvalue weighted by atomic mass is 32.1. The Bertz CT molecular complexity index is 851. The van der Waals surface area contributed by atoms with E-state index in [4.69, 9.17) is 4.98 Å². The number of rotatable bonds is 2. The summed E-state index contributed by atoms with van der Waals surface area (Å²) in [6.45, 7) is 5.78. The van der Waals surface area contributed by atoms with Gasteiger partial charge in [0, 0.05) is 5.39 Å². The first kappa shape index (κ1) is 13.8.